The number of likely N-dealkylation sites (tertiary alicyclic amines) is 1. The van der Waals surface area contributed by atoms with Crippen LogP contribution >= 0.6 is 0 Å². The predicted octanol–water partition coefficient (Wildman–Crippen LogP) is 2.88. The van der Waals surface area contributed by atoms with E-state index in [1.165, 1.54) is 23.1 Å². The Bertz CT molecular complexity index is 582. The molecular formula is C18H23N3. The highest BCUT2D eigenvalue weighted by molar-refractivity contribution is 5.27. The fraction of sp³-hybridized carbons (Fsp3) is 0.389. The third kappa shape index (κ3) is 2.99. The largest absolute Gasteiger partial charge is 0.329 e. The highest BCUT2D eigenvalue weighted by atomic mass is 15.2. The second-order valence-electron chi connectivity index (χ2n) is 5.87. The minimum Gasteiger partial charge on any atom is -0.329 e. The lowest BCUT2D eigenvalue weighted by Gasteiger charge is -2.28. The third-order valence-electron chi connectivity index (χ3n) is 4.59. The first-order valence-corrected chi connectivity index (χ1v) is 7.69. The zero-order valence-electron chi connectivity index (χ0n) is 12.6. The van der Waals surface area contributed by atoms with Gasteiger partial charge in [0.05, 0.1) is 0 Å². The lowest BCUT2D eigenvalue weighted by atomic mass is 9.98. The molecule has 2 unspecified atom stereocenters. The molecule has 2 heterocycles. The number of rotatable bonds is 4. The van der Waals surface area contributed by atoms with Gasteiger partial charge in [0.1, 0.15) is 0 Å². The van der Waals surface area contributed by atoms with Crippen LogP contribution in [0.3, 0.4) is 0 Å². The van der Waals surface area contributed by atoms with Crippen molar-refractivity contribution in [3.05, 3.63) is 65.5 Å². The van der Waals surface area contributed by atoms with Gasteiger partial charge in [0.2, 0.25) is 0 Å². The molecule has 3 rings (SSSR count). The van der Waals surface area contributed by atoms with E-state index < -0.39 is 0 Å². The van der Waals surface area contributed by atoms with E-state index in [9.17, 15) is 0 Å². The lowest BCUT2D eigenvalue weighted by molar-refractivity contribution is 0.247. The van der Waals surface area contributed by atoms with Crippen molar-refractivity contribution in [2.45, 2.75) is 25.3 Å². The molecule has 2 N–H and O–H groups in total. The van der Waals surface area contributed by atoms with E-state index in [4.69, 9.17) is 5.73 Å². The van der Waals surface area contributed by atoms with Crippen LogP contribution in [0.4, 0.5) is 0 Å². The van der Waals surface area contributed by atoms with Gasteiger partial charge in [-0.3, -0.25) is 9.88 Å². The molecule has 1 fully saturated rings. The second-order valence-corrected chi connectivity index (χ2v) is 5.87. The van der Waals surface area contributed by atoms with Crippen LogP contribution in [0.15, 0.2) is 48.8 Å². The summed E-state index contributed by atoms with van der Waals surface area (Å²) in [5, 5.41) is 0. The van der Waals surface area contributed by atoms with Crippen molar-refractivity contribution >= 4 is 0 Å². The summed E-state index contributed by atoms with van der Waals surface area (Å²) in [4.78, 5) is 6.80. The molecule has 2 aromatic rings. The predicted molar refractivity (Wildman–Crippen MR) is 86.1 cm³/mol. The number of nitrogens with two attached hydrogens (primary N) is 1. The summed E-state index contributed by atoms with van der Waals surface area (Å²) in [6, 6.07) is 13.2. The molecule has 1 aromatic heterocycles. The van der Waals surface area contributed by atoms with E-state index >= 15 is 0 Å². The molecule has 1 aliphatic heterocycles. The van der Waals surface area contributed by atoms with Crippen molar-refractivity contribution in [2.24, 2.45) is 5.73 Å². The fourth-order valence-corrected chi connectivity index (χ4v) is 3.37. The van der Waals surface area contributed by atoms with Crippen LogP contribution in [0.5, 0.6) is 0 Å². The highest BCUT2D eigenvalue weighted by Gasteiger charge is 2.29. The van der Waals surface area contributed by atoms with Gasteiger partial charge < -0.3 is 5.73 Å². The summed E-state index contributed by atoms with van der Waals surface area (Å²) in [5.41, 5.74) is 10.1. The third-order valence-corrected chi connectivity index (χ3v) is 4.59. The molecule has 1 aliphatic rings. The van der Waals surface area contributed by atoms with Gasteiger partial charge in [-0.25, -0.2) is 0 Å². The van der Waals surface area contributed by atoms with Crippen LogP contribution in [-0.2, 0) is 0 Å². The average molecular weight is 281 g/mol. The monoisotopic (exact) mass is 281 g/mol. The van der Waals surface area contributed by atoms with Gasteiger partial charge in [-0.2, -0.15) is 0 Å². The lowest BCUT2D eigenvalue weighted by Crippen LogP contribution is -2.32. The van der Waals surface area contributed by atoms with Gasteiger partial charge in [-0.15, -0.1) is 0 Å². The Balaban J connectivity index is 1.77. The minimum absolute atomic E-state index is 0.285. The summed E-state index contributed by atoms with van der Waals surface area (Å²) >= 11 is 0. The molecule has 1 aromatic carbocycles. The van der Waals surface area contributed by atoms with Crippen molar-refractivity contribution < 1.29 is 0 Å². The summed E-state index contributed by atoms with van der Waals surface area (Å²) in [5.74, 6) is 0.622. The fourth-order valence-electron chi connectivity index (χ4n) is 3.37. The molecule has 0 radical (unpaired) electrons. The Labute approximate surface area is 126 Å². The minimum atomic E-state index is 0.285. The van der Waals surface area contributed by atoms with E-state index in [-0.39, 0.29) is 6.04 Å². The van der Waals surface area contributed by atoms with Crippen LogP contribution in [0.25, 0.3) is 0 Å². The van der Waals surface area contributed by atoms with Gasteiger partial charge in [0.15, 0.2) is 0 Å². The Kier molecular flexibility index (Phi) is 4.32. The van der Waals surface area contributed by atoms with Crippen LogP contribution < -0.4 is 5.73 Å². The smallest absolute Gasteiger partial charge is 0.0488 e. The normalized spacial score (nSPS) is 20.6. The maximum absolute atomic E-state index is 6.07. The topological polar surface area (TPSA) is 42.1 Å². The number of hydrogen-bond donors (Lipinski definition) is 1. The standard InChI is InChI=1S/C18H23N3/c1-14-7-9-20-12-17(14)18(11-19)21-10-8-16(13-21)15-5-3-2-4-6-15/h2-7,9,12,16,18H,8,10-11,13,19H2,1H3. The van der Waals surface area contributed by atoms with Gasteiger partial charge in [0, 0.05) is 31.5 Å². The maximum atomic E-state index is 6.07. The van der Waals surface area contributed by atoms with E-state index in [1.54, 1.807) is 0 Å². The van der Waals surface area contributed by atoms with E-state index in [2.05, 4.69) is 53.2 Å². The van der Waals surface area contributed by atoms with Crippen molar-refractivity contribution in [1.82, 2.24) is 9.88 Å². The maximum Gasteiger partial charge on any atom is 0.0488 e. The van der Waals surface area contributed by atoms with Crippen molar-refractivity contribution in [2.75, 3.05) is 19.6 Å². The number of aryl methyl sites for hydroxylation is 1. The zero-order chi connectivity index (χ0) is 14.7. The molecule has 21 heavy (non-hydrogen) atoms. The molecule has 3 nitrogen and oxygen atoms in total. The number of pyridine rings is 1. The van der Waals surface area contributed by atoms with Crippen LogP contribution in [0, 0.1) is 6.92 Å². The number of benzene rings is 1. The first-order chi connectivity index (χ1) is 10.3. The average Bonchev–Trinajstić information content (AvgIpc) is 3.00. The summed E-state index contributed by atoms with van der Waals surface area (Å²) in [6.07, 6.45) is 5.03. The van der Waals surface area contributed by atoms with E-state index in [0.29, 0.717) is 12.5 Å². The molecule has 0 aliphatic carbocycles. The Hall–Kier alpha value is -1.71. The number of aromatic nitrogens is 1. The Morgan fingerprint density at radius 2 is 2.10 bits per heavy atom. The summed E-state index contributed by atoms with van der Waals surface area (Å²) < 4.78 is 0. The molecule has 1 saturated heterocycles. The quantitative estimate of drug-likeness (QED) is 0.937. The van der Waals surface area contributed by atoms with Crippen LogP contribution in [0.2, 0.25) is 0 Å². The van der Waals surface area contributed by atoms with Gasteiger partial charge in [-0.1, -0.05) is 30.3 Å². The van der Waals surface area contributed by atoms with Crippen molar-refractivity contribution in [3.8, 4) is 0 Å². The number of hydrogen-bond acceptors (Lipinski definition) is 3. The van der Waals surface area contributed by atoms with Gasteiger partial charge in [0.25, 0.3) is 0 Å². The molecular weight excluding hydrogens is 258 g/mol. The van der Waals surface area contributed by atoms with E-state index in [1.807, 2.05) is 12.4 Å². The highest BCUT2D eigenvalue weighted by Crippen LogP contribution is 2.33. The zero-order valence-corrected chi connectivity index (χ0v) is 12.6. The summed E-state index contributed by atoms with van der Waals surface area (Å²) in [6.45, 7) is 4.98. The molecule has 110 valence electrons. The number of nitrogens with zero attached hydrogens (tertiary/aromatic N) is 2. The van der Waals surface area contributed by atoms with E-state index in [0.717, 1.165) is 13.1 Å². The molecule has 2 atom stereocenters. The molecule has 0 amide bonds. The van der Waals surface area contributed by atoms with Gasteiger partial charge >= 0.3 is 0 Å². The molecule has 0 bridgehead atoms. The molecule has 3 heteroatoms. The van der Waals surface area contributed by atoms with Crippen molar-refractivity contribution in [1.29, 1.82) is 0 Å². The second kappa shape index (κ2) is 6.37. The Morgan fingerprint density at radius 1 is 1.29 bits per heavy atom. The van der Waals surface area contributed by atoms with Crippen molar-refractivity contribution in [3.63, 3.8) is 0 Å². The van der Waals surface area contributed by atoms with Crippen LogP contribution in [0.1, 0.15) is 35.1 Å². The summed E-state index contributed by atoms with van der Waals surface area (Å²) in [7, 11) is 0. The first kappa shape index (κ1) is 14.2. The SMILES string of the molecule is Cc1ccncc1C(CN)N1CCC(c2ccccc2)C1. The van der Waals surface area contributed by atoms with Gasteiger partial charge in [-0.05, 0) is 48.6 Å². The van der Waals surface area contributed by atoms with Crippen LogP contribution in [-0.4, -0.2) is 29.5 Å². The molecule has 0 spiro atoms. The molecule has 0 saturated carbocycles. The first-order valence-electron chi connectivity index (χ1n) is 7.69. The Morgan fingerprint density at radius 3 is 2.81 bits per heavy atom.